The van der Waals surface area contributed by atoms with Gasteiger partial charge in [0.05, 0.1) is 12.6 Å². The van der Waals surface area contributed by atoms with E-state index < -0.39 is 17.7 Å². The van der Waals surface area contributed by atoms with Gasteiger partial charge in [0, 0.05) is 6.61 Å². The average molecular weight is 287 g/mol. The van der Waals surface area contributed by atoms with Gasteiger partial charge in [0.2, 0.25) is 0 Å². The van der Waals surface area contributed by atoms with Crippen LogP contribution in [0.15, 0.2) is 0 Å². The molecule has 1 fully saturated rings. The molecule has 116 valence electrons. The molecule has 0 radical (unpaired) electrons. The largest absolute Gasteiger partial charge is 0.444 e. The molecule has 6 heteroatoms. The van der Waals surface area contributed by atoms with E-state index in [9.17, 15) is 9.59 Å². The summed E-state index contributed by atoms with van der Waals surface area (Å²) in [7, 11) is 0. The second-order valence-corrected chi connectivity index (χ2v) is 5.84. The Kier molecular flexibility index (Phi) is 6.95. The van der Waals surface area contributed by atoms with E-state index in [2.05, 4.69) is 5.32 Å². The first-order valence-corrected chi connectivity index (χ1v) is 7.09. The fourth-order valence-electron chi connectivity index (χ4n) is 1.80. The fourth-order valence-corrected chi connectivity index (χ4v) is 1.80. The molecule has 1 saturated heterocycles. The maximum absolute atomic E-state index is 11.5. The molecular formula is C14H25NO5. The Hall–Kier alpha value is -1.14. The van der Waals surface area contributed by atoms with Crippen LogP contribution in [0.3, 0.4) is 0 Å². The molecule has 20 heavy (non-hydrogen) atoms. The van der Waals surface area contributed by atoms with Crippen LogP contribution in [-0.4, -0.2) is 43.5 Å². The van der Waals surface area contributed by atoms with Crippen molar-refractivity contribution >= 4 is 12.4 Å². The van der Waals surface area contributed by atoms with E-state index in [0.29, 0.717) is 19.3 Å². The van der Waals surface area contributed by atoms with Crippen molar-refractivity contribution in [3.05, 3.63) is 0 Å². The smallest absolute Gasteiger partial charge is 0.408 e. The van der Waals surface area contributed by atoms with Crippen molar-refractivity contribution < 1.29 is 23.8 Å². The first-order chi connectivity index (χ1) is 9.40. The van der Waals surface area contributed by atoms with Crippen LogP contribution in [0.1, 0.15) is 46.5 Å². The van der Waals surface area contributed by atoms with Gasteiger partial charge in [-0.15, -0.1) is 0 Å². The normalized spacial score (nSPS) is 21.1. The molecule has 0 aromatic heterocycles. The van der Waals surface area contributed by atoms with Gasteiger partial charge in [0.25, 0.3) is 0 Å². The van der Waals surface area contributed by atoms with Crippen LogP contribution in [0.5, 0.6) is 0 Å². The molecule has 0 aromatic rings. The lowest BCUT2D eigenvalue weighted by Crippen LogP contribution is -2.40. The summed E-state index contributed by atoms with van der Waals surface area (Å²) in [5.74, 6) is 0. The number of aldehydes is 1. The second kappa shape index (κ2) is 8.21. The molecule has 6 nitrogen and oxygen atoms in total. The Morgan fingerprint density at radius 3 is 2.75 bits per heavy atom. The third-order valence-electron chi connectivity index (χ3n) is 2.74. The molecule has 0 spiro atoms. The number of ether oxygens (including phenoxy) is 3. The number of hydrogen-bond acceptors (Lipinski definition) is 5. The molecular weight excluding hydrogens is 262 g/mol. The lowest BCUT2D eigenvalue weighted by molar-refractivity contribution is -0.163. The van der Waals surface area contributed by atoms with Gasteiger partial charge in [-0.05, 0) is 46.5 Å². The van der Waals surface area contributed by atoms with Gasteiger partial charge in [-0.25, -0.2) is 4.79 Å². The molecule has 0 aromatic carbocycles. The first-order valence-electron chi connectivity index (χ1n) is 7.09. The van der Waals surface area contributed by atoms with Crippen LogP contribution in [0.4, 0.5) is 4.79 Å². The van der Waals surface area contributed by atoms with Crippen LogP contribution in [0.2, 0.25) is 0 Å². The summed E-state index contributed by atoms with van der Waals surface area (Å²) >= 11 is 0. The SMILES string of the molecule is CC(C)(C)OC(=O)N[C@H](C=O)CCOC1CCCCO1. The maximum atomic E-state index is 11.5. The van der Waals surface area contributed by atoms with Gasteiger partial charge < -0.3 is 24.3 Å². The highest BCUT2D eigenvalue weighted by Crippen LogP contribution is 2.14. The third-order valence-corrected chi connectivity index (χ3v) is 2.74. The van der Waals surface area contributed by atoms with E-state index >= 15 is 0 Å². The number of carbonyl (C=O) groups excluding carboxylic acids is 2. The fraction of sp³-hybridized carbons (Fsp3) is 0.857. The van der Waals surface area contributed by atoms with Crippen LogP contribution in [0, 0.1) is 0 Å². The molecule has 1 unspecified atom stereocenters. The monoisotopic (exact) mass is 287 g/mol. The summed E-state index contributed by atoms with van der Waals surface area (Å²) in [6.07, 6.45) is 3.36. The Balaban J connectivity index is 2.21. The van der Waals surface area contributed by atoms with Crippen LogP contribution in [0.25, 0.3) is 0 Å². The van der Waals surface area contributed by atoms with Crippen molar-refractivity contribution in [3.63, 3.8) is 0 Å². The van der Waals surface area contributed by atoms with Crippen molar-refractivity contribution in [2.24, 2.45) is 0 Å². The van der Waals surface area contributed by atoms with Gasteiger partial charge >= 0.3 is 6.09 Å². The van der Waals surface area contributed by atoms with Crippen molar-refractivity contribution in [1.82, 2.24) is 5.32 Å². The molecule has 1 N–H and O–H groups in total. The molecule has 0 bridgehead atoms. The summed E-state index contributed by atoms with van der Waals surface area (Å²) < 4.78 is 16.0. The number of alkyl carbamates (subject to hydrolysis) is 1. The minimum atomic E-state index is -0.603. The molecule has 2 atom stereocenters. The average Bonchev–Trinajstić information content (AvgIpc) is 2.36. The van der Waals surface area contributed by atoms with E-state index in [-0.39, 0.29) is 6.29 Å². The van der Waals surface area contributed by atoms with Crippen molar-refractivity contribution in [2.45, 2.75) is 64.4 Å². The van der Waals surface area contributed by atoms with Crippen molar-refractivity contribution in [1.29, 1.82) is 0 Å². The Labute approximate surface area is 120 Å². The highest BCUT2D eigenvalue weighted by atomic mass is 16.7. The van der Waals surface area contributed by atoms with Crippen molar-refractivity contribution in [3.8, 4) is 0 Å². The lowest BCUT2D eigenvalue weighted by Gasteiger charge is -2.24. The minimum absolute atomic E-state index is 0.183. The van der Waals surface area contributed by atoms with Gasteiger partial charge in [0.15, 0.2) is 6.29 Å². The molecule has 1 rings (SSSR count). The predicted octanol–water partition coefficient (Wildman–Crippen LogP) is 2.01. The molecule has 0 saturated carbocycles. The zero-order valence-corrected chi connectivity index (χ0v) is 12.5. The number of amides is 1. The lowest BCUT2D eigenvalue weighted by atomic mass is 10.2. The molecule has 0 aliphatic carbocycles. The van der Waals surface area contributed by atoms with Crippen LogP contribution < -0.4 is 5.32 Å². The molecule has 1 heterocycles. The number of carbonyl (C=O) groups is 2. The quantitative estimate of drug-likeness (QED) is 0.756. The predicted molar refractivity (Wildman–Crippen MR) is 73.4 cm³/mol. The summed E-state index contributed by atoms with van der Waals surface area (Å²) in [5.41, 5.74) is -0.579. The van der Waals surface area contributed by atoms with Gasteiger partial charge in [-0.1, -0.05) is 0 Å². The first kappa shape index (κ1) is 16.9. The molecule has 1 aliphatic heterocycles. The zero-order chi connectivity index (χ0) is 15.0. The maximum Gasteiger partial charge on any atom is 0.408 e. The van der Waals surface area contributed by atoms with E-state index in [1.165, 1.54) is 0 Å². The van der Waals surface area contributed by atoms with E-state index in [1.54, 1.807) is 20.8 Å². The van der Waals surface area contributed by atoms with Crippen LogP contribution >= 0.6 is 0 Å². The van der Waals surface area contributed by atoms with Crippen molar-refractivity contribution in [2.75, 3.05) is 13.2 Å². The number of nitrogens with one attached hydrogen (secondary N) is 1. The standard InChI is InChI=1S/C14H25NO5/c1-14(2,3)20-13(17)15-11(10-16)7-9-19-12-6-4-5-8-18-12/h10-12H,4-9H2,1-3H3,(H,15,17)/t11-,12?/m0/s1. The Bertz CT molecular complexity index is 307. The number of rotatable bonds is 6. The number of hydrogen-bond donors (Lipinski definition) is 1. The minimum Gasteiger partial charge on any atom is -0.444 e. The topological polar surface area (TPSA) is 73.9 Å². The summed E-state index contributed by atoms with van der Waals surface area (Å²) in [4.78, 5) is 22.5. The van der Waals surface area contributed by atoms with E-state index in [4.69, 9.17) is 14.2 Å². The zero-order valence-electron chi connectivity index (χ0n) is 12.5. The summed E-state index contributed by atoms with van der Waals surface area (Å²) in [6.45, 7) is 6.39. The highest BCUT2D eigenvalue weighted by molar-refractivity contribution is 5.73. The second-order valence-electron chi connectivity index (χ2n) is 5.84. The third kappa shape index (κ3) is 7.45. The highest BCUT2D eigenvalue weighted by Gasteiger charge is 2.20. The van der Waals surface area contributed by atoms with E-state index in [1.807, 2.05) is 0 Å². The Morgan fingerprint density at radius 1 is 1.45 bits per heavy atom. The van der Waals surface area contributed by atoms with Gasteiger partial charge in [-0.3, -0.25) is 0 Å². The molecule has 1 amide bonds. The summed E-state index contributed by atoms with van der Waals surface area (Å²) in [5, 5.41) is 2.51. The van der Waals surface area contributed by atoms with Gasteiger partial charge in [-0.2, -0.15) is 0 Å². The van der Waals surface area contributed by atoms with Gasteiger partial charge in [0.1, 0.15) is 11.9 Å². The van der Waals surface area contributed by atoms with E-state index in [0.717, 1.165) is 25.9 Å². The Morgan fingerprint density at radius 2 is 2.20 bits per heavy atom. The summed E-state index contributed by atoms with van der Waals surface area (Å²) in [6, 6.07) is -0.603. The van der Waals surface area contributed by atoms with Crippen LogP contribution in [-0.2, 0) is 19.0 Å². The molecule has 1 aliphatic rings.